The molecule has 0 amide bonds. The molecular formula is C10H12FNO. The van der Waals surface area contributed by atoms with Gasteiger partial charge < -0.3 is 9.64 Å². The summed E-state index contributed by atoms with van der Waals surface area (Å²) in [6.45, 7) is 3.12. The summed E-state index contributed by atoms with van der Waals surface area (Å²) in [6.07, 6.45) is 0. The van der Waals surface area contributed by atoms with E-state index in [9.17, 15) is 4.39 Å². The molecule has 0 aliphatic carbocycles. The average molecular weight is 181 g/mol. The second-order valence-corrected chi connectivity index (χ2v) is 3.31. The third-order valence-electron chi connectivity index (χ3n) is 2.35. The van der Waals surface area contributed by atoms with Crippen molar-refractivity contribution in [1.82, 2.24) is 0 Å². The third kappa shape index (κ3) is 1.24. The smallest absolute Gasteiger partial charge is 0.178 e. The van der Waals surface area contributed by atoms with Crippen molar-refractivity contribution in [2.45, 2.75) is 6.92 Å². The average Bonchev–Trinajstić information content (AvgIpc) is 2.12. The van der Waals surface area contributed by atoms with E-state index in [1.54, 1.807) is 13.0 Å². The van der Waals surface area contributed by atoms with Gasteiger partial charge in [0.15, 0.2) is 11.6 Å². The molecule has 0 unspecified atom stereocenters. The molecule has 0 spiro atoms. The Balaban J connectivity index is 2.56. The van der Waals surface area contributed by atoms with Crippen LogP contribution >= 0.6 is 0 Å². The topological polar surface area (TPSA) is 12.5 Å². The number of benzene rings is 1. The molecule has 2 rings (SSSR count). The van der Waals surface area contributed by atoms with Crippen molar-refractivity contribution in [2.75, 3.05) is 25.1 Å². The fourth-order valence-electron chi connectivity index (χ4n) is 1.49. The van der Waals surface area contributed by atoms with Gasteiger partial charge in [0, 0.05) is 7.05 Å². The number of anilines is 1. The summed E-state index contributed by atoms with van der Waals surface area (Å²) >= 11 is 0. The second-order valence-electron chi connectivity index (χ2n) is 3.31. The zero-order chi connectivity index (χ0) is 9.42. The standard InChI is InChI=1S/C10H12FNO/c1-7-3-4-8-10(9(7)11)13-6-5-12(8)2/h3-4H,5-6H2,1-2H3. The van der Waals surface area contributed by atoms with Crippen molar-refractivity contribution in [2.24, 2.45) is 0 Å². The molecule has 3 heteroatoms. The second kappa shape index (κ2) is 2.91. The van der Waals surface area contributed by atoms with Gasteiger partial charge in [0.25, 0.3) is 0 Å². The summed E-state index contributed by atoms with van der Waals surface area (Å²) in [5.74, 6) is 0.165. The van der Waals surface area contributed by atoms with Crippen LogP contribution in [0, 0.1) is 12.7 Å². The normalized spacial score (nSPS) is 15.2. The SMILES string of the molecule is Cc1ccc2c(c1F)OCCN2C. The van der Waals surface area contributed by atoms with E-state index in [1.807, 2.05) is 18.0 Å². The predicted octanol–water partition coefficient (Wildman–Crippen LogP) is 1.96. The molecule has 13 heavy (non-hydrogen) atoms. The van der Waals surface area contributed by atoms with Gasteiger partial charge in [-0.3, -0.25) is 0 Å². The number of nitrogens with zero attached hydrogens (tertiary/aromatic N) is 1. The first-order chi connectivity index (χ1) is 6.20. The van der Waals surface area contributed by atoms with E-state index in [0.29, 0.717) is 17.9 Å². The van der Waals surface area contributed by atoms with E-state index in [1.165, 1.54) is 0 Å². The monoisotopic (exact) mass is 181 g/mol. The van der Waals surface area contributed by atoms with Crippen LogP contribution in [0.1, 0.15) is 5.56 Å². The molecule has 1 heterocycles. The number of hydrogen-bond donors (Lipinski definition) is 0. The molecule has 0 atom stereocenters. The minimum Gasteiger partial charge on any atom is -0.486 e. The van der Waals surface area contributed by atoms with Crippen LogP contribution in [0.2, 0.25) is 0 Å². The van der Waals surface area contributed by atoms with E-state index in [2.05, 4.69) is 0 Å². The molecular weight excluding hydrogens is 169 g/mol. The van der Waals surface area contributed by atoms with Crippen molar-refractivity contribution in [3.8, 4) is 5.75 Å². The summed E-state index contributed by atoms with van der Waals surface area (Å²) in [6, 6.07) is 3.67. The van der Waals surface area contributed by atoms with Crippen molar-refractivity contribution >= 4 is 5.69 Å². The van der Waals surface area contributed by atoms with Gasteiger partial charge in [-0.1, -0.05) is 6.07 Å². The summed E-state index contributed by atoms with van der Waals surface area (Å²) in [5.41, 5.74) is 1.48. The van der Waals surface area contributed by atoms with Crippen LogP contribution in [-0.2, 0) is 0 Å². The van der Waals surface area contributed by atoms with E-state index in [4.69, 9.17) is 4.74 Å². The van der Waals surface area contributed by atoms with Gasteiger partial charge in [0.2, 0.25) is 0 Å². The maximum absolute atomic E-state index is 13.5. The van der Waals surface area contributed by atoms with Crippen molar-refractivity contribution in [3.05, 3.63) is 23.5 Å². The maximum Gasteiger partial charge on any atom is 0.178 e. The van der Waals surface area contributed by atoms with Gasteiger partial charge in [-0.2, -0.15) is 0 Å². The molecule has 1 aliphatic heterocycles. The summed E-state index contributed by atoms with van der Waals surface area (Å²) in [4.78, 5) is 2.00. The Morgan fingerprint density at radius 2 is 2.23 bits per heavy atom. The lowest BCUT2D eigenvalue weighted by molar-refractivity contribution is 0.294. The summed E-state index contributed by atoms with van der Waals surface area (Å²) in [5, 5.41) is 0. The van der Waals surface area contributed by atoms with E-state index < -0.39 is 0 Å². The minimum atomic E-state index is -0.232. The van der Waals surface area contributed by atoms with Crippen LogP contribution in [0.5, 0.6) is 5.75 Å². The van der Waals surface area contributed by atoms with Gasteiger partial charge in [-0.05, 0) is 18.6 Å². The lowest BCUT2D eigenvalue weighted by Crippen LogP contribution is -2.29. The fraction of sp³-hybridized carbons (Fsp3) is 0.400. The van der Waals surface area contributed by atoms with Gasteiger partial charge in [0.05, 0.1) is 12.2 Å². The first-order valence-electron chi connectivity index (χ1n) is 4.33. The highest BCUT2D eigenvalue weighted by Crippen LogP contribution is 2.34. The van der Waals surface area contributed by atoms with Crippen LogP contribution in [0.25, 0.3) is 0 Å². The number of fused-ring (bicyclic) bond motifs is 1. The number of rotatable bonds is 0. The molecule has 0 fully saturated rings. The van der Waals surface area contributed by atoms with E-state index >= 15 is 0 Å². The Hall–Kier alpha value is -1.25. The van der Waals surface area contributed by atoms with Crippen LogP contribution in [0.3, 0.4) is 0 Å². The fourth-order valence-corrected chi connectivity index (χ4v) is 1.49. The zero-order valence-electron chi connectivity index (χ0n) is 7.80. The largest absolute Gasteiger partial charge is 0.486 e. The molecule has 0 saturated carbocycles. The Morgan fingerprint density at radius 1 is 1.46 bits per heavy atom. The minimum absolute atomic E-state index is 0.232. The molecule has 1 aromatic rings. The first kappa shape index (κ1) is 8.35. The highest BCUT2D eigenvalue weighted by atomic mass is 19.1. The van der Waals surface area contributed by atoms with Crippen molar-refractivity contribution in [3.63, 3.8) is 0 Å². The number of hydrogen-bond acceptors (Lipinski definition) is 2. The Morgan fingerprint density at radius 3 is 3.00 bits per heavy atom. The highest BCUT2D eigenvalue weighted by Gasteiger charge is 2.19. The molecule has 1 aromatic carbocycles. The molecule has 0 N–H and O–H groups in total. The quantitative estimate of drug-likeness (QED) is 0.606. The van der Waals surface area contributed by atoms with E-state index in [-0.39, 0.29) is 5.82 Å². The van der Waals surface area contributed by atoms with Gasteiger partial charge >= 0.3 is 0 Å². The zero-order valence-corrected chi connectivity index (χ0v) is 7.80. The summed E-state index contributed by atoms with van der Waals surface area (Å²) in [7, 11) is 1.94. The molecule has 70 valence electrons. The van der Waals surface area contributed by atoms with Gasteiger partial charge in [-0.15, -0.1) is 0 Å². The molecule has 0 radical (unpaired) electrons. The number of ether oxygens (including phenoxy) is 1. The molecule has 0 saturated heterocycles. The number of aryl methyl sites for hydroxylation is 1. The maximum atomic E-state index is 13.5. The van der Waals surface area contributed by atoms with Crippen LogP contribution in [0.4, 0.5) is 10.1 Å². The molecule has 0 bridgehead atoms. The molecule has 0 aromatic heterocycles. The van der Waals surface area contributed by atoms with Crippen LogP contribution in [-0.4, -0.2) is 20.2 Å². The Kier molecular flexibility index (Phi) is 1.87. The predicted molar refractivity (Wildman–Crippen MR) is 49.9 cm³/mol. The number of likely N-dealkylation sites (N-methyl/N-ethyl adjacent to an activating group) is 1. The molecule has 1 aliphatic rings. The lowest BCUT2D eigenvalue weighted by atomic mass is 10.1. The summed E-state index contributed by atoms with van der Waals surface area (Å²) < 4.78 is 18.8. The first-order valence-corrected chi connectivity index (χ1v) is 4.33. The Bertz CT molecular complexity index is 338. The van der Waals surface area contributed by atoms with Gasteiger partial charge in [0.1, 0.15) is 6.61 Å². The third-order valence-corrected chi connectivity index (χ3v) is 2.35. The lowest BCUT2D eigenvalue weighted by Gasteiger charge is -2.28. The number of halogens is 1. The van der Waals surface area contributed by atoms with Crippen molar-refractivity contribution in [1.29, 1.82) is 0 Å². The van der Waals surface area contributed by atoms with E-state index in [0.717, 1.165) is 12.2 Å². The van der Waals surface area contributed by atoms with Crippen molar-refractivity contribution < 1.29 is 9.13 Å². The van der Waals surface area contributed by atoms with Gasteiger partial charge in [-0.25, -0.2) is 4.39 Å². The highest BCUT2D eigenvalue weighted by molar-refractivity contribution is 5.61. The van der Waals surface area contributed by atoms with Crippen LogP contribution < -0.4 is 9.64 Å². The Labute approximate surface area is 76.9 Å². The molecule has 2 nitrogen and oxygen atoms in total. The van der Waals surface area contributed by atoms with Crippen LogP contribution in [0.15, 0.2) is 12.1 Å².